The molecule has 0 aliphatic carbocycles. The third kappa shape index (κ3) is 3.60. The molecular weight excluding hydrogens is 252 g/mol. The Morgan fingerprint density at radius 2 is 1.67 bits per heavy atom. The molecule has 0 radical (unpaired) electrons. The Balaban J connectivity index is 2.93. The van der Waals surface area contributed by atoms with Crippen LogP contribution in [0.1, 0.15) is 13.8 Å². The van der Waals surface area contributed by atoms with Crippen LogP contribution in [0.2, 0.25) is 5.02 Å². The summed E-state index contributed by atoms with van der Waals surface area (Å²) in [7, 11) is 1.66. The fraction of sp³-hybridized carbons (Fsp3) is 0.231. The number of hydrogen-bond acceptors (Lipinski definition) is 3. The van der Waals surface area contributed by atoms with Crippen molar-refractivity contribution in [3.63, 3.8) is 0 Å². The van der Waals surface area contributed by atoms with Crippen LogP contribution in [0.4, 0.5) is 5.69 Å². The molecule has 0 spiro atoms. The van der Waals surface area contributed by atoms with Crippen LogP contribution >= 0.6 is 11.6 Å². The Morgan fingerprint density at radius 3 is 2.11 bits per heavy atom. The maximum atomic E-state index is 12.0. The minimum absolute atomic E-state index is 0.118. The second-order valence-electron chi connectivity index (χ2n) is 3.77. The first-order valence-corrected chi connectivity index (χ1v) is 5.80. The first-order chi connectivity index (χ1) is 8.45. The summed E-state index contributed by atoms with van der Waals surface area (Å²) in [6, 6.07) is 6.68. The van der Waals surface area contributed by atoms with Gasteiger partial charge in [0.2, 0.25) is 0 Å². The SMILES string of the molecule is CNC(C)=C(C(C)=O)C(=O)Nc1ccc(Cl)cc1. The van der Waals surface area contributed by atoms with Crippen molar-refractivity contribution in [3.8, 4) is 0 Å². The fourth-order valence-electron chi connectivity index (χ4n) is 1.45. The van der Waals surface area contributed by atoms with Crippen molar-refractivity contribution < 1.29 is 9.59 Å². The van der Waals surface area contributed by atoms with Crippen molar-refractivity contribution in [1.82, 2.24) is 5.32 Å². The highest BCUT2D eigenvalue weighted by Gasteiger charge is 2.17. The summed E-state index contributed by atoms with van der Waals surface area (Å²) in [6.07, 6.45) is 0. The number of amides is 1. The first kappa shape index (κ1) is 14.3. The van der Waals surface area contributed by atoms with E-state index in [4.69, 9.17) is 11.6 Å². The highest BCUT2D eigenvalue weighted by molar-refractivity contribution is 6.30. The molecule has 96 valence electrons. The van der Waals surface area contributed by atoms with E-state index in [2.05, 4.69) is 10.6 Å². The lowest BCUT2D eigenvalue weighted by molar-refractivity contribution is -0.119. The molecule has 0 fully saturated rings. The van der Waals surface area contributed by atoms with Crippen LogP contribution in [0.15, 0.2) is 35.5 Å². The smallest absolute Gasteiger partial charge is 0.261 e. The Kier molecular flexibility index (Phi) is 4.92. The summed E-state index contributed by atoms with van der Waals surface area (Å²) in [5.41, 5.74) is 1.24. The summed E-state index contributed by atoms with van der Waals surface area (Å²) in [4.78, 5) is 23.4. The molecule has 0 heterocycles. The molecular formula is C13H15ClN2O2. The number of rotatable bonds is 4. The molecule has 0 aromatic heterocycles. The van der Waals surface area contributed by atoms with Gasteiger partial charge in [0.15, 0.2) is 5.78 Å². The van der Waals surface area contributed by atoms with Gasteiger partial charge in [-0.15, -0.1) is 0 Å². The van der Waals surface area contributed by atoms with Gasteiger partial charge in [-0.25, -0.2) is 0 Å². The molecule has 0 saturated heterocycles. The summed E-state index contributed by atoms with van der Waals surface area (Å²) in [5.74, 6) is -0.718. The normalized spacial score (nSPS) is 11.6. The quantitative estimate of drug-likeness (QED) is 0.500. The van der Waals surface area contributed by atoms with Gasteiger partial charge in [0.05, 0.1) is 0 Å². The number of anilines is 1. The number of halogens is 1. The molecule has 1 aromatic carbocycles. The number of allylic oxidation sites excluding steroid dienone is 1. The zero-order chi connectivity index (χ0) is 13.7. The van der Waals surface area contributed by atoms with E-state index in [1.54, 1.807) is 38.2 Å². The molecule has 0 bridgehead atoms. The summed E-state index contributed by atoms with van der Waals surface area (Å²) < 4.78 is 0. The van der Waals surface area contributed by atoms with Gasteiger partial charge in [0.1, 0.15) is 5.57 Å². The van der Waals surface area contributed by atoms with Crippen molar-refractivity contribution in [2.24, 2.45) is 0 Å². The Morgan fingerprint density at radius 1 is 1.11 bits per heavy atom. The van der Waals surface area contributed by atoms with E-state index in [9.17, 15) is 9.59 Å². The monoisotopic (exact) mass is 266 g/mol. The van der Waals surface area contributed by atoms with Crippen molar-refractivity contribution >= 4 is 29.0 Å². The number of carbonyl (C=O) groups is 2. The highest BCUT2D eigenvalue weighted by Crippen LogP contribution is 2.15. The molecule has 0 saturated carbocycles. The van der Waals surface area contributed by atoms with Crippen LogP contribution in [-0.2, 0) is 9.59 Å². The third-order valence-corrected chi connectivity index (χ3v) is 2.68. The second-order valence-corrected chi connectivity index (χ2v) is 4.20. The number of ketones is 1. The lowest BCUT2D eigenvalue weighted by Gasteiger charge is -2.10. The maximum absolute atomic E-state index is 12.0. The fourth-order valence-corrected chi connectivity index (χ4v) is 1.57. The van der Waals surface area contributed by atoms with Crippen molar-refractivity contribution in [2.75, 3.05) is 12.4 Å². The van der Waals surface area contributed by atoms with Gasteiger partial charge in [0.25, 0.3) is 5.91 Å². The average Bonchev–Trinajstić information content (AvgIpc) is 2.31. The predicted molar refractivity (Wildman–Crippen MR) is 72.5 cm³/mol. The Bertz CT molecular complexity index is 492. The van der Waals surface area contributed by atoms with E-state index in [0.717, 1.165) is 0 Å². The van der Waals surface area contributed by atoms with Gasteiger partial charge in [-0.05, 0) is 38.1 Å². The van der Waals surface area contributed by atoms with Crippen LogP contribution in [0.5, 0.6) is 0 Å². The van der Waals surface area contributed by atoms with E-state index in [0.29, 0.717) is 16.4 Å². The molecule has 4 nitrogen and oxygen atoms in total. The van der Waals surface area contributed by atoms with Crippen LogP contribution < -0.4 is 10.6 Å². The topological polar surface area (TPSA) is 58.2 Å². The van der Waals surface area contributed by atoms with Crippen molar-refractivity contribution in [2.45, 2.75) is 13.8 Å². The average molecular weight is 267 g/mol. The molecule has 2 N–H and O–H groups in total. The zero-order valence-corrected chi connectivity index (χ0v) is 11.3. The standard InChI is InChI=1S/C13H15ClN2O2/c1-8(15-3)12(9(2)17)13(18)16-11-6-4-10(14)5-7-11/h4-7,15H,1-3H3,(H,16,18). The molecule has 0 atom stereocenters. The van der Waals surface area contributed by atoms with Gasteiger partial charge in [-0.1, -0.05) is 11.6 Å². The van der Waals surface area contributed by atoms with E-state index in [-0.39, 0.29) is 11.4 Å². The van der Waals surface area contributed by atoms with E-state index < -0.39 is 5.91 Å². The van der Waals surface area contributed by atoms with Crippen LogP contribution in [0.25, 0.3) is 0 Å². The van der Waals surface area contributed by atoms with Crippen LogP contribution in [-0.4, -0.2) is 18.7 Å². The van der Waals surface area contributed by atoms with Crippen LogP contribution in [0, 0.1) is 0 Å². The largest absolute Gasteiger partial charge is 0.391 e. The molecule has 0 aliphatic heterocycles. The van der Waals surface area contributed by atoms with E-state index in [1.165, 1.54) is 6.92 Å². The number of Topliss-reactive ketones (excluding diaryl/α,β-unsaturated/α-hetero) is 1. The molecule has 0 unspecified atom stereocenters. The molecule has 1 rings (SSSR count). The lowest BCUT2D eigenvalue weighted by Crippen LogP contribution is -2.23. The second kappa shape index (κ2) is 6.21. The van der Waals surface area contributed by atoms with Crippen molar-refractivity contribution in [3.05, 3.63) is 40.6 Å². The molecule has 18 heavy (non-hydrogen) atoms. The zero-order valence-electron chi connectivity index (χ0n) is 10.5. The van der Waals surface area contributed by atoms with E-state index in [1.807, 2.05) is 0 Å². The summed E-state index contributed by atoms with van der Waals surface area (Å²) in [5, 5.41) is 6.03. The first-order valence-electron chi connectivity index (χ1n) is 5.42. The Labute approximate surface area is 111 Å². The molecule has 1 amide bonds. The number of nitrogens with one attached hydrogen (secondary N) is 2. The van der Waals surface area contributed by atoms with Gasteiger partial charge in [-0.3, -0.25) is 9.59 Å². The molecule has 1 aromatic rings. The summed E-state index contributed by atoms with van der Waals surface area (Å²) in [6.45, 7) is 3.04. The van der Waals surface area contributed by atoms with Crippen molar-refractivity contribution in [1.29, 1.82) is 0 Å². The number of benzene rings is 1. The predicted octanol–water partition coefficient (Wildman–Crippen LogP) is 2.36. The maximum Gasteiger partial charge on any atom is 0.261 e. The minimum Gasteiger partial charge on any atom is -0.391 e. The third-order valence-electron chi connectivity index (χ3n) is 2.43. The van der Waals surface area contributed by atoms with Gasteiger partial charge >= 0.3 is 0 Å². The van der Waals surface area contributed by atoms with E-state index >= 15 is 0 Å². The van der Waals surface area contributed by atoms with Crippen LogP contribution in [0.3, 0.4) is 0 Å². The molecule has 0 aliphatic rings. The minimum atomic E-state index is -0.434. The van der Waals surface area contributed by atoms with Gasteiger partial charge < -0.3 is 10.6 Å². The summed E-state index contributed by atoms with van der Waals surface area (Å²) >= 11 is 5.75. The number of hydrogen-bond donors (Lipinski definition) is 2. The lowest BCUT2D eigenvalue weighted by atomic mass is 10.1. The van der Waals surface area contributed by atoms with Gasteiger partial charge in [-0.2, -0.15) is 0 Å². The Hall–Kier alpha value is -1.81. The van der Waals surface area contributed by atoms with Gasteiger partial charge in [0, 0.05) is 23.5 Å². The number of carbonyl (C=O) groups excluding carboxylic acids is 2. The highest BCUT2D eigenvalue weighted by atomic mass is 35.5. The molecule has 5 heteroatoms.